The van der Waals surface area contributed by atoms with Crippen LogP contribution in [-0.4, -0.2) is 52.0 Å². The topological polar surface area (TPSA) is 105 Å². The molecule has 0 unspecified atom stereocenters. The first-order valence-corrected chi connectivity index (χ1v) is 12.1. The number of furan rings is 1. The molecule has 1 fully saturated rings. The summed E-state index contributed by atoms with van der Waals surface area (Å²) >= 11 is 0. The number of aliphatic hydroxyl groups is 1. The summed E-state index contributed by atoms with van der Waals surface area (Å²) in [5, 5.41) is 16.8. The Labute approximate surface area is 207 Å². The Hall–Kier alpha value is -2.92. The number of alkyl halides is 3. The minimum atomic E-state index is -4.55. The van der Waals surface area contributed by atoms with E-state index in [0.717, 1.165) is 25.1 Å². The normalized spacial score (nSPS) is 22.3. The monoisotopic (exact) mass is 507 g/mol. The predicted octanol–water partition coefficient (Wildman–Crippen LogP) is 5.27. The van der Waals surface area contributed by atoms with Crippen LogP contribution < -0.4 is 10.6 Å². The van der Waals surface area contributed by atoms with Crippen LogP contribution in [0.4, 0.5) is 24.9 Å². The largest absolute Gasteiger partial charge is 0.454 e. The number of pyridine rings is 1. The summed E-state index contributed by atoms with van der Waals surface area (Å²) in [6.45, 7) is 9.64. The molecule has 3 heterocycles. The Morgan fingerprint density at radius 1 is 1.28 bits per heavy atom. The fraction of sp³-hybridized carbons (Fsp3) is 0.560. The Kier molecular flexibility index (Phi) is 7.42. The molecule has 0 spiro atoms. The number of nitrogens with one attached hydrogen (secondary N) is 2. The minimum absolute atomic E-state index is 0.108. The molecule has 0 aliphatic heterocycles. The van der Waals surface area contributed by atoms with E-state index in [-0.39, 0.29) is 35.0 Å². The molecule has 3 N–H and O–H groups in total. The molecule has 8 nitrogen and oxygen atoms in total. The minimum Gasteiger partial charge on any atom is -0.454 e. The van der Waals surface area contributed by atoms with Crippen LogP contribution in [0.25, 0.3) is 22.3 Å². The van der Waals surface area contributed by atoms with Crippen molar-refractivity contribution < 1.29 is 27.4 Å². The summed E-state index contributed by atoms with van der Waals surface area (Å²) < 4.78 is 50.8. The van der Waals surface area contributed by atoms with E-state index in [9.17, 15) is 18.3 Å². The number of halogens is 3. The number of hydrogen-bond donors (Lipinski definition) is 3. The number of nitrogens with zero attached hydrogens (tertiary/aromatic N) is 3. The smallest absolute Gasteiger partial charge is 0.433 e. The maximum absolute atomic E-state index is 13.2. The SMILES string of the molecule is CCOCCNc1nc(C)c(-c2cc3cc(C(F)(F)F)ncc3o2)c(N[C@@]2(C)CC[C@H](CO)[C@H]2C)n1. The van der Waals surface area contributed by atoms with E-state index in [0.29, 0.717) is 48.5 Å². The van der Waals surface area contributed by atoms with Crippen LogP contribution in [0.2, 0.25) is 0 Å². The van der Waals surface area contributed by atoms with Crippen LogP contribution >= 0.6 is 0 Å². The lowest BCUT2D eigenvalue weighted by Crippen LogP contribution is -2.40. The molecule has 36 heavy (non-hydrogen) atoms. The van der Waals surface area contributed by atoms with E-state index in [1.165, 1.54) is 0 Å². The molecule has 11 heteroatoms. The maximum atomic E-state index is 13.2. The molecule has 3 aromatic rings. The van der Waals surface area contributed by atoms with Gasteiger partial charge >= 0.3 is 6.18 Å². The highest BCUT2D eigenvalue weighted by Crippen LogP contribution is 2.44. The molecule has 1 aliphatic rings. The standard InChI is InChI=1S/C25H32F3N5O3/c1-5-35-9-8-29-23-31-15(3)21(22(32-23)33-24(4)7-6-16(13-34)14(24)2)18-10-17-11-20(25(26,27)28)30-12-19(17)36-18/h10-12,14,16,34H,5-9,13H2,1-4H3,(H2,29,31,32,33)/t14-,16-,24+/m1/s1. The van der Waals surface area contributed by atoms with Gasteiger partial charge in [0.2, 0.25) is 5.95 Å². The molecule has 0 aromatic carbocycles. The summed E-state index contributed by atoms with van der Waals surface area (Å²) in [7, 11) is 0. The molecule has 0 bridgehead atoms. The van der Waals surface area contributed by atoms with Crippen molar-refractivity contribution >= 4 is 22.7 Å². The van der Waals surface area contributed by atoms with Crippen LogP contribution in [0.5, 0.6) is 0 Å². The molecule has 4 rings (SSSR count). The maximum Gasteiger partial charge on any atom is 0.433 e. The summed E-state index contributed by atoms with van der Waals surface area (Å²) in [5.41, 5.74) is 0.0640. The van der Waals surface area contributed by atoms with Crippen LogP contribution in [0, 0.1) is 18.8 Å². The number of aromatic nitrogens is 3. The van der Waals surface area contributed by atoms with Crippen molar-refractivity contribution in [3.63, 3.8) is 0 Å². The Bertz CT molecular complexity index is 1220. The van der Waals surface area contributed by atoms with Gasteiger partial charge in [-0.3, -0.25) is 0 Å². The van der Waals surface area contributed by atoms with E-state index in [2.05, 4.69) is 34.4 Å². The van der Waals surface area contributed by atoms with E-state index < -0.39 is 11.9 Å². The third kappa shape index (κ3) is 5.27. The first-order chi connectivity index (χ1) is 17.1. The zero-order valence-corrected chi connectivity index (χ0v) is 20.9. The predicted molar refractivity (Wildman–Crippen MR) is 131 cm³/mol. The summed E-state index contributed by atoms with van der Waals surface area (Å²) in [4.78, 5) is 12.8. The number of rotatable bonds is 9. The summed E-state index contributed by atoms with van der Waals surface area (Å²) in [5.74, 6) is 1.59. The Balaban J connectivity index is 1.75. The van der Waals surface area contributed by atoms with Gasteiger partial charge in [0.1, 0.15) is 17.3 Å². The van der Waals surface area contributed by atoms with Crippen molar-refractivity contribution in [1.82, 2.24) is 15.0 Å². The van der Waals surface area contributed by atoms with Gasteiger partial charge in [-0.2, -0.15) is 18.2 Å². The fourth-order valence-corrected chi connectivity index (χ4v) is 4.82. The number of aliphatic hydroxyl groups excluding tert-OH is 1. The molecular weight excluding hydrogens is 475 g/mol. The van der Waals surface area contributed by atoms with Crippen molar-refractivity contribution in [3.05, 3.63) is 29.7 Å². The van der Waals surface area contributed by atoms with Crippen LogP contribution in [0.3, 0.4) is 0 Å². The van der Waals surface area contributed by atoms with Gasteiger partial charge in [0.25, 0.3) is 0 Å². The first kappa shape index (κ1) is 26.2. The average molecular weight is 508 g/mol. The van der Waals surface area contributed by atoms with Gasteiger partial charge in [0.05, 0.1) is 24.1 Å². The zero-order valence-electron chi connectivity index (χ0n) is 20.9. The number of aryl methyl sites for hydroxylation is 1. The summed E-state index contributed by atoms with van der Waals surface area (Å²) in [6, 6.07) is 2.53. The number of ether oxygens (including phenoxy) is 1. The Morgan fingerprint density at radius 2 is 2.06 bits per heavy atom. The second kappa shape index (κ2) is 10.2. The molecular formula is C25H32F3N5O3. The lowest BCUT2D eigenvalue weighted by atomic mass is 9.86. The van der Waals surface area contributed by atoms with Crippen molar-refractivity contribution in [2.24, 2.45) is 11.8 Å². The van der Waals surface area contributed by atoms with Crippen molar-refractivity contribution in [1.29, 1.82) is 0 Å². The molecule has 1 aliphatic carbocycles. The second-order valence-electron chi connectivity index (χ2n) is 9.51. The van der Waals surface area contributed by atoms with Crippen molar-refractivity contribution in [3.8, 4) is 11.3 Å². The highest BCUT2D eigenvalue weighted by atomic mass is 19.4. The highest BCUT2D eigenvalue weighted by molar-refractivity contribution is 5.86. The van der Waals surface area contributed by atoms with E-state index in [1.54, 1.807) is 13.0 Å². The number of anilines is 2. The van der Waals surface area contributed by atoms with E-state index in [1.807, 2.05) is 6.92 Å². The molecule has 3 atom stereocenters. The van der Waals surface area contributed by atoms with Gasteiger partial charge in [-0.05, 0) is 57.6 Å². The Morgan fingerprint density at radius 3 is 2.72 bits per heavy atom. The molecule has 196 valence electrons. The molecule has 0 radical (unpaired) electrons. The quantitative estimate of drug-likeness (QED) is 0.337. The van der Waals surface area contributed by atoms with Crippen molar-refractivity contribution in [2.75, 3.05) is 37.0 Å². The highest BCUT2D eigenvalue weighted by Gasteiger charge is 2.43. The molecule has 3 aromatic heterocycles. The van der Waals surface area contributed by atoms with Crippen molar-refractivity contribution in [2.45, 2.75) is 52.3 Å². The third-order valence-electron chi connectivity index (χ3n) is 7.15. The summed E-state index contributed by atoms with van der Waals surface area (Å²) in [6.07, 6.45) is -1.77. The van der Waals surface area contributed by atoms with Crippen LogP contribution in [-0.2, 0) is 10.9 Å². The number of hydrogen-bond acceptors (Lipinski definition) is 8. The van der Waals surface area contributed by atoms with Gasteiger partial charge in [-0.1, -0.05) is 6.92 Å². The number of fused-ring (bicyclic) bond motifs is 1. The first-order valence-electron chi connectivity index (χ1n) is 12.1. The molecule has 1 saturated carbocycles. The molecule has 0 saturated heterocycles. The zero-order chi connectivity index (χ0) is 26.1. The molecule has 0 amide bonds. The lowest BCUT2D eigenvalue weighted by Gasteiger charge is -2.33. The second-order valence-corrected chi connectivity index (χ2v) is 9.51. The van der Waals surface area contributed by atoms with E-state index in [4.69, 9.17) is 14.1 Å². The van der Waals surface area contributed by atoms with E-state index >= 15 is 0 Å². The lowest BCUT2D eigenvalue weighted by molar-refractivity contribution is -0.141. The fourth-order valence-electron chi connectivity index (χ4n) is 4.82. The average Bonchev–Trinajstić information content (AvgIpc) is 3.36. The van der Waals surface area contributed by atoms with Gasteiger partial charge in [0, 0.05) is 30.7 Å². The van der Waals surface area contributed by atoms with Crippen LogP contribution in [0.15, 0.2) is 22.7 Å². The third-order valence-corrected chi connectivity index (χ3v) is 7.15. The van der Waals surface area contributed by atoms with Gasteiger partial charge in [-0.15, -0.1) is 0 Å². The van der Waals surface area contributed by atoms with Crippen LogP contribution in [0.1, 0.15) is 45.0 Å². The van der Waals surface area contributed by atoms with Gasteiger partial charge < -0.3 is 24.9 Å². The van der Waals surface area contributed by atoms with Gasteiger partial charge in [-0.25, -0.2) is 9.97 Å². The van der Waals surface area contributed by atoms with Gasteiger partial charge in [0.15, 0.2) is 5.58 Å².